The molecule has 0 aliphatic heterocycles. The molecule has 1 N–H and O–H groups in total. The van der Waals surface area contributed by atoms with Crippen molar-refractivity contribution in [1.29, 1.82) is 0 Å². The number of aromatic nitrogens is 1. The molecule has 0 spiro atoms. The number of aliphatic hydroxyl groups excluding tert-OH is 1. The number of benzene rings is 1. The zero-order valence-electron chi connectivity index (χ0n) is 15.7. The van der Waals surface area contributed by atoms with Crippen molar-refractivity contribution in [3.63, 3.8) is 0 Å². The number of aliphatic imine (C=N–C) groups is 1. The summed E-state index contributed by atoms with van der Waals surface area (Å²) in [5.41, 5.74) is 1.62. The summed E-state index contributed by atoms with van der Waals surface area (Å²) >= 11 is 6.08. The molecule has 0 aliphatic rings. The second kappa shape index (κ2) is 9.39. The fraction of sp³-hybridized carbons (Fsp3) is 0.400. The van der Waals surface area contributed by atoms with E-state index in [0.717, 1.165) is 6.21 Å². The summed E-state index contributed by atoms with van der Waals surface area (Å²) < 4.78 is 45.8. The fourth-order valence-corrected chi connectivity index (χ4v) is 3.20. The van der Waals surface area contributed by atoms with Gasteiger partial charge in [-0.3, -0.25) is 9.98 Å². The third-order valence-corrected chi connectivity index (χ3v) is 4.68. The Labute approximate surface area is 167 Å². The first kappa shape index (κ1) is 22.2. The molecule has 4 nitrogen and oxygen atoms in total. The highest BCUT2D eigenvalue weighted by Crippen LogP contribution is 2.38. The average Bonchev–Trinajstić information content (AvgIpc) is 2.60. The molecule has 0 bridgehead atoms. The zero-order chi connectivity index (χ0) is 20.9. The summed E-state index contributed by atoms with van der Waals surface area (Å²) in [6.45, 7) is 3.43. The second-order valence-corrected chi connectivity index (χ2v) is 6.97. The van der Waals surface area contributed by atoms with E-state index >= 15 is 0 Å². The SMILES string of the molecule is COc1c(Cl)cccc1C(C)CC(O)C(C=Nc1ccnc(C)c1)C(F)(F)F. The van der Waals surface area contributed by atoms with Gasteiger partial charge in [-0.25, -0.2) is 0 Å². The van der Waals surface area contributed by atoms with Gasteiger partial charge in [-0.05, 0) is 43.0 Å². The lowest BCUT2D eigenvalue weighted by atomic mass is 9.89. The van der Waals surface area contributed by atoms with Crippen LogP contribution in [0.4, 0.5) is 18.9 Å². The molecule has 152 valence electrons. The predicted octanol–water partition coefficient (Wildman–Crippen LogP) is 5.49. The first-order valence-electron chi connectivity index (χ1n) is 8.67. The van der Waals surface area contributed by atoms with Crippen LogP contribution in [0.15, 0.2) is 41.5 Å². The fourth-order valence-electron chi connectivity index (χ4n) is 2.94. The normalized spacial score (nSPS) is 15.4. The summed E-state index contributed by atoms with van der Waals surface area (Å²) in [6, 6.07) is 8.11. The third kappa shape index (κ3) is 5.69. The van der Waals surface area contributed by atoms with Gasteiger partial charge < -0.3 is 9.84 Å². The van der Waals surface area contributed by atoms with E-state index in [1.54, 1.807) is 38.1 Å². The minimum Gasteiger partial charge on any atom is -0.495 e. The van der Waals surface area contributed by atoms with Gasteiger partial charge in [0, 0.05) is 18.1 Å². The van der Waals surface area contributed by atoms with E-state index in [9.17, 15) is 18.3 Å². The van der Waals surface area contributed by atoms with Gasteiger partial charge in [0.1, 0.15) is 11.7 Å². The van der Waals surface area contributed by atoms with Crippen molar-refractivity contribution in [2.75, 3.05) is 7.11 Å². The maximum Gasteiger partial charge on any atom is 0.399 e. The maximum absolute atomic E-state index is 13.5. The minimum atomic E-state index is -4.64. The van der Waals surface area contributed by atoms with E-state index in [1.807, 2.05) is 0 Å². The number of halogens is 4. The van der Waals surface area contributed by atoms with Gasteiger partial charge in [-0.1, -0.05) is 30.7 Å². The number of nitrogens with zero attached hydrogens (tertiary/aromatic N) is 2. The lowest BCUT2D eigenvalue weighted by Gasteiger charge is -2.25. The van der Waals surface area contributed by atoms with E-state index in [4.69, 9.17) is 16.3 Å². The van der Waals surface area contributed by atoms with Crippen molar-refractivity contribution < 1.29 is 23.0 Å². The van der Waals surface area contributed by atoms with Crippen LogP contribution >= 0.6 is 11.6 Å². The first-order valence-corrected chi connectivity index (χ1v) is 9.05. The molecule has 0 radical (unpaired) electrons. The number of hydrogen-bond acceptors (Lipinski definition) is 4. The van der Waals surface area contributed by atoms with Crippen molar-refractivity contribution in [3.8, 4) is 5.75 Å². The van der Waals surface area contributed by atoms with Crippen LogP contribution in [0.3, 0.4) is 0 Å². The number of rotatable bonds is 7. The molecule has 0 saturated carbocycles. The topological polar surface area (TPSA) is 54.7 Å². The highest BCUT2D eigenvalue weighted by molar-refractivity contribution is 6.32. The Morgan fingerprint density at radius 2 is 2.04 bits per heavy atom. The molecule has 3 atom stereocenters. The summed E-state index contributed by atoms with van der Waals surface area (Å²) in [6.07, 6.45) is -4.23. The number of hydrogen-bond donors (Lipinski definition) is 1. The molecule has 2 aromatic rings. The van der Waals surface area contributed by atoms with Crippen LogP contribution in [0, 0.1) is 12.8 Å². The van der Waals surface area contributed by atoms with Gasteiger partial charge in [0.15, 0.2) is 0 Å². The van der Waals surface area contributed by atoms with Gasteiger partial charge in [-0.2, -0.15) is 13.2 Å². The lowest BCUT2D eigenvalue weighted by molar-refractivity contribution is -0.177. The molecule has 1 aromatic heterocycles. The predicted molar refractivity (Wildman–Crippen MR) is 104 cm³/mol. The van der Waals surface area contributed by atoms with Gasteiger partial charge >= 0.3 is 6.18 Å². The third-order valence-electron chi connectivity index (χ3n) is 4.38. The molecule has 2 rings (SSSR count). The van der Waals surface area contributed by atoms with E-state index in [-0.39, 0.29) is 6.42 Å². The maximum atomic E-state index is 13.5. The van der Waals surface area contributed by atoms with E-state index in [1.165, 1.54) is 19.4 Å². The number of aliphatic hydroxyl groups is 1. The Hall–Kier alpha value is -2.12. The van der Waals surface area contributed by atoms with Crippen LogP contribution in [0.1, 0.15) is 30.5 Å². The smallest absolute Gasteiger partial charge is 0.399 e. The van der Waals surface area contributed by atoms with Crippen LogP contribution < -0.4 is 4.74 Å². The molecule has 8 heteroatoms. The number of alkyl halides is 3. The molecule has 3 unspecified atom stereocenters. The van der Waals surface area contributed by atoms with Crippen LogP contribution in [0.5, 0.6) is 5.75 Å². The molecule has 0 aliphatic carbocycles. The van der Waals surface area contributed by atoms with Gasteiger partial charge in [0.05, 0.1) is 23.9 Å². The Balaban J connectivity index is 2.22. The number of aryl methyl sites for hydroxylation is 1. The van der Waals surface area contributed by atoms with Gasteiger partial charge in [0.25, 0.3) is 0 Å². The Bertz CT molecular complexity index is 827. The van der Waals surface area contributed by atoms with E-state index in [2.05, 4.69) is 9.98 Å². The molecule has 0 amide bonds. The Morgan fingerprint density at radius 1 is 1.32 bits per heavy atom. The molecular weight excluding hydrogens is 393 g/mol. The Morgan fingerprint density at radius 3 is 2.64 bits per heavy atom. The van der Waals surface area contributed by atoms with Crippen molar-refractivity contribution in [1.82, 2.24) is 4.98 Å². The van der Waals surface area contributed by atoms with Crippen molar-refractivity contribution in [2.45, 2.75) is 38.5 Å². The zero-order valence-corrected chi connectivity index (χ0v) is 16.5. The van der Waals surface area contributed by atoms with E-state index < -0.39 is 24.1 Å². The van der Waals surface area contributed by atoms with Gasteiger partial charge in [-0.15, -0.1) is 0 Å². The summed E-state index contributed by atoms with van der Waals surface area (Å²) in [5.74, 6) is -2.12. The average molecular weight is 415 g/mol. The van der Waals surface area contributed by atoms with Crippen LogP contribution in [-0.4, -0.2) is 35.7 Å². The number of methoxy groups -OCH3 is 1. The van der Waals surface area contributed by atoms with Crippen LogP contribution in [-0.2, 0) is 0 Å². The van der Waals surface area contributed by atoms with Crippen LogP contribution in [0.25, 0.3) is 0 Å². The molecule has 1 aromatic carbocycles. The van der Waals surface area contributed by atoms with Crippen molar-refractivity contribution in [3.05, 3.63) is 52.8 Å². The quantitative estimate of drug-likeness (QED) is 0.610. The summed E-state index contributed by atoms with van der Waals surface area (Å²) in [4.78, 5) is 7.87. The Kier molecular flexibility index (Phi) is 7.43. The second-order valence-electron chi connectivity index (χ2n) is 6.57. The van der Waals surface area contributed by atoms with Crippen LogP contribution in [0.2, 0.25) is 5.02 Å². The highest BCUT2D eigenvalue weighted by Gasteiger charge is 2.43. The molecular formula is C20H22ClF3N2O2. The van der Waals surface area contributed by atoms with E-state index in [0.29, 0.717) is 27.7 Å². The minimum absolute atomic E-state index is 0.137. The molecule has 1 heterocycles. The summed E-state index contributed by atoms with van der Waals surface area (Å²) in [7, 11) is 1.44. The molecule has 0 fully saturated rings. The van der Waals surface area contributed by atoms with Gasteiger partial charge in [0.2, 0.25) is 0 Å². The molecule has 0 saturated heterocycles. The van der Waals surface area contributed by atoms with Crippen molar-refractivity contribution in [2.24, 2.45) is 10.9 Å². The number of pyridine rings is 1. The molecule has 28 heavy (non-hydrogen) atoms. The highest BCUT2D eigenvalue weighted by atomic mass is 35.5. The van der Waals surface area contributed by atoms with Crippen molar-refractivity contribution >= 4 is 23.5 Å². The standard InChI is InChI=1S/C20H22ClF3N2O2/c1-12(15-5-4-6-17(21)19(15)28-3)9-18(27)16(20(22,23)24)11-26-14-7-8-25-13(2)10-14/h4-8,10-12,16,18,27H,9H2,1-3H3. The monoisotopic (exact) mass is 414 g/mol. The largest absolute Gasteiger partial charge is 0.495 e. The lowest BCUT2D eigenvalue weighted by Crippen LogP contribution is -2.36. The first-order chi connectivity index (χ1) is 13.1. The summed E-state index contributed by atoms with van der Waals surface area (Å²) in [5, 5.41) is 10.7. The number of ether oxygens (including phenoxy) is 1. The number of para-hydroxylation sites is 1.